The van der Waals surface area contributed by atoms with Gasteiger partial charge in [0.05, 0.1) is 6.54 Å². The number of amides is 3. The lowest BCUT2D eigenvalue weighted by Gasteiger charge is -2.30. The van der Waals surface area contributed by atoms with Gasteiger partial charge < -0.3 is 10.8 Å². The van der Waals surface area contributed by atoms with Crippen molar-refractivity contribution in [1.82, 2.24) is 10.2 Å². The summed E-state index contributed by atoms with van der Waals surface area (Å²) in [4.78, 5) is 34.3. The number of nitrogens with two attached hydrogens (primary N) is 1. The van der Waals surface area contributed by atoms with Crippen LogP contribution in [0.1, 0.15) is 19.8 Å². The van der Waals surface area contributed by atoms with Gasteiger partial charge in [0, 0.05) is 0 Å². The lowest BCUT2D eigenvalue weighted by Crippen LogP contribution is -2.52. The number of primary amides is 1. The molecule has 1 atom stereocenters. The van der Waals surface area contributed by atoms with Crippen molar-refractivity contribution < 1.29 is 19.5 Å². The predicted octanol–water partition coefficient (Wildman–Crippen LogP) is -0.880. The zero-order valence-electron chi connectivity index (χ0n) is 9.02. The Bertz CT molecular complexity index is 331. The van der Waals surface area contributed by atoms with Crippen LogP contribution in [-0.4, -0.2) is 46.5 Å². The van der Waals surface area contributed by atoms with Crippen LogP contribution in [-0.2, 0) is 9.59 Å². The summed E-state index contributed by atoms with van der Waals surface area (Å²) in [6.07, 6.45) is 1.21. The highest BCUT2D eigenvalue weighted by Crippen LogP contribution is 2.28. The van der Waals surface area contributed by atoms with E-state index >= 15 is 0 Å². The van der Waals surface area contributed by atoms with Crippen molar-refractivity contribution in [2.45, 2.75) is 25.3 Å². The summed E-state index contributed by atoms with van der Waals surface area (Å²) < 4.78 is 0. The van der Waals surface area contributed by atoms with E-state index in [1.54, 1.807) is 6.92 Å². The highest BCUT2D eigenvalue weighted by atomic mass is 16.4. The summed E-state index contributed by atoms with van der Waals surface area (Å²) in [6.45, 7) is 1.96. The van der Waals surface area contributed by atoms with Crippen molar-refractivity contribution in [3.05, 3.63) is 0 Å². The third kappa shape index (κ3) is 2.48. The second-order valence-electron chi connectivity index (χ2n) is 4.02. The molecule has 0 spiro atoms. The fourth-order valence-corrected chi connectivity index (χ4v) is 1.87. The number of nitrogens with one attached hydrogen (secondary N) is 1. The molecule has 0 radical (unpaired) electrons. The molecule has 90 valence electrons. The van der Waals surface area contributed by atoms with E-state index in [2.05, 4.69) is 0 Å². The molecule has 1 unspecified atom stereocenters. The molecular formula is C9H15N3O4. The Hall–Kier alpha value is -1.63. The summed E-state index contributed by atoms with van der Waals surface area (Å²) in [7, 11) is 0. The van der Waals surface area contributed by atoms with Crippen LogP contribution in [0.3, 0.4) is 0 Å². The van der Waals surface area contributed by atoms with Gasteiger partial charge in [0.25, 0.3) is 0 Å². The van der Waals surface area contributed by atoms with Gasteiger partial charge in [0.15, 0.2) is 0 Å². The summed E-state index contributed by atoms with van der Waals surface area (Å²) in [6, 6.07) is -0.929. The molecule has 0 aromatic heterocycles. The van der Waals surface area contributed by atoms with Gasteiger partial charge in [-0.05, 0) is 26.3 Å². The maximum absolute atomic E-state index is 11.3. The maximum atomic E-state index is 11.3. The highest BCUT2D eigenvalue weighted by molar-refractivity contribution is 5.94. The van der Waals surface area contributed by atoms with Crippen molar-refractivity contribution in [3.8, 4) is 0 Å². The van der Waals surface area contributed by atoms with Crippen LogP contribution in [0.2, 0.25) is 0 Å². The van der Waals surface area contributed by atoms with Crippen LogP contribution >= 0.6 is 0 Å². The van der Waals surface area contributed by atoms with Gasteiger partial charge in [0.1, 0.15) is 5.54 Å². The Morgan fingerprint density at radius 2 is 2.12 bits per heavy atom. The number of nitrogens with zero attached hydrogens (tertiary/aromatic N) is 1. The quantitative estimate of drug-likeness (QED) is 0.581. The molecule has 0 aromatic rings. The SMILES string of the molecule is CC1(C(=O)O)CCCN1CC(=O)NC(N)=O. The topological polar surface area (TPSA) is 113 Å². The third-order valence-electron chi connectivity index (χ3n) is 2.85. The number of carbonyl (C=O) groups excluding carboxylic acids is 2. The fourth-order valence-electron chi connectivity index (χ4n) is 1.87. The minimum absolute atomic E-state index is 0.133. The minimum atomic E-state index is -1.03. The number of carboxylic acid groups (broad SMARTS) is 1. The van der Waals surface area contributed by atoms with E-state index in [1.807, 2.05) is 5.32 Å². The minimum Gasteiger partial charge on any atom is -0.480 e. The van der Waals surface area contributed by atoms with E-state index in [0.717, 1.165) is 0 Å². The molecule has 7 heteroatoms. The predicted molar refractivity (Wildman–Crippen MR) is 54.6 cm³/mol. The molecule has 1 rings (SSSR count). The molecule has 4 N–H and O–H groups in total. The van der Waals surface area contributed by atoms with Crippen LogP contribution in [0.25, 0.3) is 0 Å². The van der Waals surface area contributed by atoms with Gasteiger partial charge in [-0.2, -0.15) is 0 Å². The molecule has 0 bridgehead atoms. The van der Waals surface area contributed by atoms with E-state index in [1.165, 1.54) is 4.90 Å². The van der Waals surface area contributed by atoms with Crippen LogP contribution in [0.15, 0.2) is 0 Å². The molecule has 3 amide bonds. The maximum Gasteiger partial charge on any atom is 0.323 e. The fraction of sp³-hybridized carbons (Fsp3) is 0.667. The van der Waals surface area contributed by atoms with Gasteiger partial charge in [-0.15, -0.1) is 0 Å². The number of hydrogen-bond donors (Lipinski definition) is 3. The standard InChI is InChI=1S/C9H15N3O4/c1-9(7(14)15)3-2-4-12(9)5-6(13)11-8(10)16/h2-5H2,1H3,(H,14,15)(H3,10,11,13,16). The van der Waals surface area contributed by atoms with Gasteiger partial charge >= 0.3 is 12.0 Å². The number of imide groups is 1. The van der Waals surface area contributed by atoms with E-state index < -0.39 is 23.4 Å². The van der Waals surface area contributed by atoms with Gasteiger partial charge in [-0.3, -0.25) is 19.8 Å². The summed E-state index contributed by atoms with van der Waals surface area (Å²) in [5, 5.41) is 11.0. The lowest BCUT2D eigenvalue weighted by atomic mass is 9.99. The zero-order chi connectivity index (χ0) is 12.3. The summed E-state index contributed by atoms with van der Waals surface area (Å²) in [5.41, 5.74) is 3.76. The van der Waals surface area contributed by atoms with E-state index in [-0.39, 0.29) is 6.54 Å². The monoisotopic (exact) mass is 229 g/mol. The molecule has 0 aliphatic carbocycles. The first-order chi connectivity index (χ1) is 7.36. The van der Waals surface area contributed by atoms with E-state index in [0.29, 0.717) is 19.4 Å². The normalized spacial score (nSPS) is 25.3. The average molecular weight is 229 g/mol. The van der Waals surface area contributed by atoms with Gasteiger partial charge in [-0.1, -0.05) is 0 Å². The second kappa shape index (κ2) is 4.48. The number of aliphatic carboxylic acids is 1. The van der Waals surface area contributed by atoms with Gasteiger partial charge in [0.2, 0.25) is 5.91 Å². The van der Waals surface area contributed by atoms with E-state index in [4.69, 9.17) is 10.8 Å². The Morgan fingerprint density at radius 1 is 1.50 bits per heavy atom. The molecule has 1 saturated heterocycles. The van der Waals surface area contributed by atoms with Gasteiger partial charge in [-0.25, -0.2) is 4.79 Å². The first-order valence-electron chi connectivity index (χ1n) is 4.94. The Morgan fingerprint density at radius 3 is 2.62 bits per heavy atom. The smallest absolute Gasteiger partial charge is 0.323 e. The average Bonchev–Trinajstić information content (AvgIpc) is 2.47. The Kier molecular flexibility index (Phi) is 3.48. The van der Waals surface area contributed by atoms with Crippen molar-refractivity contribution >= 4 is 17.9 Å². The molecule has 0 aromatic carbocycles. The van der Waals surface area contributed by atoms with Crippen molar-refractivity contribution in [2.75, 3.05) is 13.1 Å². The largest absolute Gasteiger partial charge is 0.480 e. The van der Waals surface area contributed by atoms with Crippen LogP contribution < -0.4 is 11.1 Å². The first-order valence-corrected chi connectivity index (χ1v) is 4.94. The number of carbonyl (C=O) groups is 3. The number of hydrogen-bond acceptors (Lipinski definition) is 4. The molecule has 7 nitrogen and oxygen atoms in total. The molecule has 1 heterocycles. The number of carboxylic acids is 1. The number of urea groups is 1. The second-order valence-corrected chi connectivity index (χ2v) is 4.02. The van der Waals surface area contributed by atoms with Crippen LogP contribution in [0.4, 0.5) is 4.79 Å². The van der Waals surface area contributed by atoms with Crippen molar-refractivity contribution in [1.29, 1.82) is 0 Å². The lowest BCUT2D eigenvalue weighted by molar-refractivity contribution is -0.149. The Balaban J connectivity index is 2.63. The summed E-state index contributed by atoms with van der Waals surface area (Å²) >= 11 is 0. The summed E-state index contributed by atoms with van der Waals surface area (Å²) in [5.74, 6) is -1.54. The molecular weight excluding hydrogens is 214 g/mol. The first kappa shape index (κ1) is 12.4. The van der Waals surface area contributed by atoms with Crippen molar-refractivity contribution in [2.24, 2.45) is 5.73 Å². The molecule has 0 saturated carbocycles. The molecule has 16 heavy (non-hydrogen) atoms. The molecule has 1 aliphatic rings. The van der Waals surface area contributed by atoms with Crippen LogP contribution in [0, 0.1) is 0 Å². The highest BCUT2D eigenvalue weighted by Gasteiger charge is 2.43. The number of rotatable bonds is 3. The van der Waals surface area contributed by atoms with Crippen molar-refractivity contribution in [3.63, 3.8) is 0 Å². The number of likely N-dealkylation sites (tertiary alicyclic amines) is 1. The van der Waals surface area contributed by atoms with Crippen LogP contribution in [0.5, 0.6) is 0 Å². The Labute approximate surface area is 92.6 Å². The third-order valence-corrected chi connectivity index (χ3v) is 2.85. The molecule has 1 fully saturated rings. The zero-order valence-corrected chi connectivity index (χ0v) is 9.02. The molecule has 1 aliphatic heterocycles. The van der Waals surface area contributed by atoms with E-state index in [9.17, 15) is 14.4 Å².